The minimum absolute atomic E-state index is 0.0339. The number of benzene rings is 2. The van der Waals surface area contributed by atoms with Crippen molar-refractivity contribution in [1.82, 2.24) is 0 Å². The van der Waals surface area contributed by atoms with Gasteiger partial charge >= 0.3 is 0 Å². The molecule has 1 amide bonds. The number of aliphatic hydroxyl groups is 1. The van der Waals surface area contributed by atoms with Gasteiger partial charge in [0.05, 0.1) is 16.5 Å². The van der Waals surface area contributed by atoms with Crippen LogP contribution in [0.5, 0.6) is 5.75 Å². The molecule has 1 aliphatic heterocycles. The predicted octanol–water partition coefficient (Wildman–Crippen LogP) is 5.54. The van der Waals surface area contributed by atoms with Crippen molar-refractivity contribution in [1.29, 1.82) is 0 Å². The topological polar surface area (TPSA) is 77.8 Å². The highest BCUT2D eigenvalue weighted by atomic mass is 35.5. The second-order valence-corrected chi connectivity index (χ2v) is 8.19. The van der Waals surface area contributed by atoms with Crippen LogP contribution in [0.3, 0.4) is 0 Å². The molecule has 1 unspecified atom stereocenters. The standard InChI is InChI=1S/C21H13Cl2NO4S/c22-12-8-13(23)10-14(9-12)24-18(11-3-1-4-15(25)7-11)17(20(27)21(24)28)19(26)16-5-2-6-29-16/h1-10,18,25,27H. The van der Waals surface area contributed by atoms with Crippen molar-refractivity contribution in [3.05, 3.63) is 91.8 Å². The smallest absolute Gasteiger partial charge is 0.294 e. The third-order valence-corrected chi connectivity index (χ3v) is 5.81. The first kappa shape index (κ1) is 19.5. The summed E-state index contributed by atoms with van der Waals surface area (Å²) in [5.41, 5.74) is 0.707. The maximum Gasteiger partial charge on any atom is 0.294 e. The zero-order valence-electron chi connectivity index (χ0n) is 14.7. The van der Waals surface area contributed by atoms with E-state index in [0.29, 0.717) is 26.2 Å². The van der Waals surface area contributed by atoms with Crippen molar-refractivity contribution < 1.29 is 19.8 Å². The number of hydrogen-bond acceptors (Lipinski definition) is 5. The van der Waals surface area contributed by atoms with Crippen LogP contribution in [-0.2, 0) is 4.79 Å². The van der Waals surface area contributed by atoms with Gasteiger partial charge in [-0.3, -0.25) is 14.5 Å². The van der Waals surface area contributed by atoms with Gasteiger partial charge in [-0.25, -0.2) is 0 Å². The molecule has 1 atom stereocenters. The van der Waals surface area contributed by atoms with Crippen LogP contribution in [0.25, 0.3) is 0 Å². The van der Waals surface area contributed by atoms with Gasteiger partial charge in [-0.15, -0.1) is 11.3 Å². The number of phenols is 1. The number of Topliss-reactive ketones (excluding diaryl/α,β-unsaturated/α-hetero) is 1. The molecule has 146 valence electrons. The summed E-state index contributed by atoms with van der Waals surface area (Å²) < 4.78 is 0. The van der Waals surface area contributed by atoms with E-state index in [1.165, 1.54) is 46.6 Å². The monoisotopic (exact) mass is 445 g/mol. The van der Waals surface area contributed by atoms with Gasteiger partial charge in [-0.05, 0) is 47.3 Å². The van der Waals surface area contributed by atoms with Crippen LogP contribution in [0.15, 0.2) is 71.3 Å². The third kappa shape index (κ3) is 3.51. The fraction of sp³-hybridized carbons (Fsp3) is 0.0476. The summed E-state index contributed by atoms with van der Waals surface area (Å²) in [5.74, 6) is -1.90. The molecule has 0 saturated heterocycles. The molecule has 0 aliphatic carbocycles. The molecule has 8 heteroatoms. The van der Waals surface area contributed by atoms with E-state index in [2.05, 4.69) is 0 Å². The molecule has 0 fully saturated rings. The third-order valence-electron chi connectivity index (χ3n) is 4.51. The molecule has 1 aliphatic rings. The number of phenolic OH excluding ortho intramolecular Hbond substituents is 1. The Morgan fingerprint density at radius 3 is 2.34 bits per heavy atom. The maximum atomic E-state index is 13.1. The number of anilines is 1. The fourth-order valence-electron chi connectivity index (χ4n) is 3.33. The maximum absolute atomic E-state index is 13.1. The van der Waals surface area contributed by atoms with Gasteiger partial charge in [0.15, 0.2) is 5.76 Å². The van der Waals surface area contributed by atoms with E-state index in [9.17, 15) is 19.8 Å². The van der Waals surface area contributed by atoms with Crippen LogP contribution < -0.4 is 4.90 Å². The minimum Gasteiger partial charge on any atom is -0.508 e. The normalized spacial score (nSPS) is 16.6. The molecule has 4 rings (SSSR count). The van der Waals surface area contributed by atoms with Gasteiger partial charge in [0.2, 0.25) is 5.78 Å². The van der Waals surface area contributed by atoms with Gasteiger partial charge in [0, 0.05) is 15.7 Å². The van der Waals surface area contributed by atoms with Crippen LogP contribution in [-0.4, -0.2) is 21.9 Å². The lowest BCUT2D eigenvalue weighted by atomic mass is 9.95. The number of hydrogen-bond donors (Lipinski definition) is 2. The number of nitrogens with zero attached hydrogens (tertiary/aromatic N) is 1. The minimum atomic E-state index is -0.960. The van der Waals surface area contributed by atoms with Crippen molar-refractivity contribution in [2.45, 2.75) is 6.04 Å². The van der Waals surface area contributed by atoms with Gasteiger partial charge in [-0.2, -0.15) is 0 Å². The summed E-state index contributed by atoms with van der Waals surface area (Å²) in [5, 5.41) is 22.9. The number of carbonyl (C=O) groups is 2. The molecule has 2 heterocycles. The Hall–Kier alpha value is -2.80. The number of halogens is 2. The Bertz CT molecular complexity index is 1140. The Balaban J connectivity index is 1.92. The number of ketones is 1. The number of rotatable bonds is 4. The average molecular weight is 446 g/mol. The molecule has 5 nitrogen and oxygen atoms in total. The molecule has 3 aromatic rings. The molecule has 0 saturated carbocycles. The summed E-state index contributed by atoms with van der Waals surface area (Å²) in [6.45, 7) is 0. The van der Waals surface area contributed by atoms with Crippen LogP contribution >= 0.6 is 34.5 Å². The lowest BCUT2D eigenvalue weighted by Crippen LogP contribution is -2.31. The second-order valence-electron chi connectivity index (χ2n) is 6.37. The highest BCUT2D eigenvalue weighted by molar-refractivity contribution is 7.12. The van der Waals surface area contributed by atoms with E-state index in [4.69, 9.17) is 23.2 Å². The van der Waals surface area contributed by atoms with E-state index in [1.54, 1.807) is 29.6 Å². The quantitative estimate of drug-likeness (QED) is 0.516. The van der Waals surface area contributed by atoms with Crippen LogP contribution in [0.4, 0.5) is 5.69 Å². The summed E-state index contributed by atoms with van der Waals surface area (Å²) in [6.07, 6.45) is 0. The van der Waals surface area contributed by atoms with E-state index in [0.717, 1.165) is 0 Å². The number of amides is 1. The van der Waals surface area contributed by atoms with E-state index in [-0.39, 0.29) is 11.3 Å². The Labute approximate surface area is 180 Å². The number of aliphatic hydroxyl groups excluding tert-OH is 1. The second kappa shape index (κ2) is 7.55. The first-order chi connectivity index (χ1) is 13.9. The molecular weight excluding hydrogens is 433 g/mol. The highest BCUT2D eigenvalue weighted by Crippen LogP contribution is 2.43. The van der Waals surface area contributed by atoms with Gasteiger partial charge in [0.25, 0.3) is 5.91 Å². The molecule has 2 N–H and O–H groups in total. The molecule has 0 spiro atoms. The van der Waals surface area contributed by atoms with E-state index in [1.807, 2.05) is 0 Å². The van der Waals surface area contributed by atoms with Crippen molar-refractivity contribution in [2.75, 3.05) is 4.90 Å². The lowest BCUT2D eigenvalue weighted by Gasteiger charge is -2.27. The van der Waals surface area contributed by atoms with Gasteiger partial charge in [-0.1, -0.05) is 41.4 Å². The number of thiophene rings is 1. The highest BCUT2D eigenvalue weighted by Gasteiger charge is 2.45. The van der Waals surface area contributed by atoms with Crippen molar-refractivity contribution in [3.8, 4) is 5.75 Å². The van der Waals surface area contributed by atoms with E-state index < -0.39 is 23.5 Å². The lowest BCUT2D eigenvalue weighted by molar-refractivity contribution is -0.117. The Kier molecular flexibility index (Phi) is 5.08. The van der Waals surface area contributed by atoms with Crippen LogP contribution in [0, 0.1) is 0 Å². The molecular formula is C21H13Cl2NO4S. The molecule has 1 aromatic heterocycles. The summed E-state index contributed by atoms with van der Waals surface area (Å²) in [6, 6.07) is 13.1. The molecule has 0 radical (unpaired) electrons. The zero-order chi connectivity index (χ0) is 20.7. The number of carbonyl (C=O) groups excluding carboxylic acids is 2. The predicted molar refractivity (Wildman–Crippen MR) is 113 cm³/mol. The molecule has 29 heavy (non-hydrogen) atoms. The van der Waals surface area contributed by atoms with Crippen LogP contribution in [0.1, 0.15) is 21.3 Å². The Morgan fingerprint density at radius 1 is 1.00 bits per heavy atom. The van der Waals surface area contributed by atoms with E-state index >= 15 is 0 Å². The largest absolute Gasteiger partial charge is 0.508 e. The van der Waals surface area contributed by atoms with Gasteiger partial charge < -0.3 is 10.2 Å². The fourth-order valence-corrected chi connectivity index (χ4v) is 4.53. The SMILES string of the molecule is O=C(C1=C(O)C(=O)N(c2cc(Cl)cc(Cl)c2)C1c1cccc(O)c1)c1cccs1. The summed E-state index contributed by atoms with van der Waals surface area (Å²) in [7, 11) is 0. The molecule has 0 bridgehead atoms. The number of aromatic hydroxyl groups is 1. The molecule has 2 aromatic carbocycles. The zero-order valence-corrected chi connectivity index (χ0v) is 17.0. The van der Waals surface area contributed by atoms with Crippen molar-refractivity contribution in [2.24, 2.45) is 0 Å². The first-order valence-electron chi connectivity index (χ1n) is 8.46. The summed E-state index contributed by atoms with van der Waals surface area (Å²) >= 11 is 13.4. The van der Waals surface area contributed by atoms with Crippen molar-refractivity contribution >= 4 is 51.9 Å². The van der Waals surface area contributed by atoms with Crippen molar-refractivity contribution in [3.63, 3.8) is 0 Å². The first-order valence-corrected chi connectivity index (χ1v) is 10.1. The van der Waals surface area contributed by atoms with Crippen LogP contribution in [0.2, 0.25) is 10.0 Å². The summed E-state index contributed by atoms with van der Waals surface area (Å²) in [4.78, 5) is 27.8. The Morgan fingerprint density at radius 2 is 1.72 bits per heavy atom. The van der Waals surface area contributed by atoms with Gasteiger partial charge in [0.1, 0.15) is 5.75 Å². The average Bonchev–Trinajstić information content (AvgIpc) is 3.28.